The van der Waals surface area contributed by atoms with Gasteiger partial charge >= 0.3 is 0 Å². The quantitative estimate of drug-likeness (QED) is 0.652. The first-order valence-corrected chi connectivity index (χ1v) is 9.68. The molecule has 25 heavy (non-hydrogen) atoms. The topological polar surface area (TPSA) is 62.1 Å². The third-order valence-electron chi connectivity index (χ3n) is 6.44. The summed E-state index contributed by atoms with van der Waals surface area (Å²) >= 11 is 0. The Hall–Kier alpha value is -1.91. The second-order valence-electron chi connectivity index (χ2n) is 8.43. The van der Waals surface area contributed by atoms with E-state index in [-0.39, 0.29) is 17.2 Å². The lowest BCUT2D eigenvalue weighted by Gasteiger charge is -2.55. The number of nitrogens with zero attached hydrogens (tertiary/aromatic N) is 1. The maximum Gasteiger partial charge on any atom is 0.270 e. The highest BCUT2D eigenvalue weighted by Gasteiger charge is 2.54. The van der Waals surface area contributed by atoms with Crippen LogP contribution in [-0.4, -0.2) is 11.8 Å². The number of pyridine rings is 1. The Kier molecular flexibility index (Phi) is 4.26. The van der Waals surface area contributed by atoms with Gasteiger partial charge in [-0.25, -0.2) is 4.57 Å². The van der Waals surface area contributed by atoms with Crippen LogP contribution < -0.4 is 15.4 Å². The fourth-order valence-corrected chi connectivity index (χ4v) is 5.72. The zero-order valence-corrected chi connectivity index (χ0v) is 15.0. The van der Waals surface area contributed by atoms with Crippen LogP contribution in [0.1, 0.15) is 62.2 Å². The summed E-state index contributed by atoms with van der Waals surface area (Å²) in [6, 6.07) is 3.59. The van der Waals surface area contributed by atoms with E-state index in [0.29, 0.717) is 5.56 Å². The molecule has 1 heterocycles. The van der Waals surface area contributed by atoms with Gasteiger partial charge in [0.25, 0.3) is 5.91 Å². The van der Waals surface area contributed by atoms with Crippen LogP contribution in [0.2, 0.25) is 0 Å². The average molecular weight is 342 g/mol. The molecule has 2 amide bonds. The predicted molar refractivity (Wildman–Crippen MR) is 93.1 cm³/mol. The van der Waals surface area contributed by atoms with E-state index in [2.05, 4.69) is 17.8 Å². The minimum atomic E-state index is -0.248. The predicted octanol–water partition coefficient (Wildman–Crippen LogP) is 2.36. The highest BCUT2D eigenvalue weighted by Crippen LogP contribution is 2.59. The summed E-state index contributed by atoms with van der Waals surface area (Å²) in [5.41, 5.74) is 5.69. The molecule has 4 bridgehead atoms. The smallest absolute Gasteiger partial charge is 0.270 e. The Morgan fingerprint density at radius 3 is 2.12 bits per heavy atom. The minimum Gasteiger partial charge on any atom is -0.273 e. The first-order chi connectivity index (χ1) is 12.1. The summed E-state index contributed by atoms with van der Waals surface area (Å²) in [6.45, 7) is 3.05. The highest BCUT2D eigenvalue weighted by atomic mass is 16.2. The normalized spacial score (nSPS) is 32.4. The summed E-state index contributed by atoms with van der Waals surface area (Å²) < 4.78 is 2.05. The number of hydrogen-bond acceptors (Lipinski definition) is 2. The van der Waals surface area contributed by atoms with E-state index in [9.17, 15) is 9.59 Å². The first kappa shape index (κ1) is 16.6. The van der Waals surface area contributed by atoms with Crippen molar-refractivity contribution in [3.8, 4) is 0 Å². The Morgan fingerprint density at radius 1 is 1.04 bits per heavy atom. The van der Waals surface area contributed by atoms with Gasteiger partial charge in [0, 0.05) is 18.6 Å². The molecule has 4 aliphatic carbocycles. The molecule has 5 heteroatoms. The van der Waals surface area contributed by atoms with Gasteiger partial charge in [-0.2, -0.15) is 0 Å². The summed E-state index contributed by atoms with van der Waals surface area (Å²) in [5, 5.41) is 0. The maximum atomic E-state index is 12.8. The van der Waals surface area contributed by atoms with Crippen molar-refractivity contribution in [1.82, 2.24) is 10.9 Å². The lowest BCUT2D eigenvalue weighted by atomic mass is 9.49. The van der Waals surface area contributed by atoms with Gasteiger partial charge in [0.1, 0.15) is 6.54 Å². The molecular formula is C20H28N3O2+. The molecule has 0 aliphatic heterocycles. The van der Waals surface area contributed by atoms with Gasteiger partial charge in [-0.1, -0.05) is 6.92 Å². The summed E-state index contributed by atoms with van der Waals surface area (Å²) in [4.78, 5) is 25.2. The third kappa shape index (κ3) is 3.16. The SMILES string of the molecule is CCC[n+]1ccc(C(=O)NNC(=O)C23CC4CC(CC(C4)C2)C3)cc1. The van der Waals surface area contributed by atoms with Gasteiger partial charge in [0.05, 0.1) is 11.0 Å². The monoisotopic (exact) mass is 342 g/mol. The highest BCUT2D eigenvalue weighted by molar-refractivity contribution is 5.95. The Bertz CT molecular complexity index is 633. The molecule has 0 aromatic carbocycles. The van der Waals surface area contributed by atoms with Gasteiger partial charge < -0.3 is 0 Å². The Morgan fingerprint density at radius 2 is 1.60 bits per heavy atom. The zero-order chi connectivity index (χ0) is 17.4. The van der Waals surface area contributed by atoms with E-state index >= 15 is 0 Å². The number of hydrogen-bond donors (Lipinski definition) is 2. The molecule has 0 saturated heterocycles. The molecule has 2 N–H and O–H groups in total. The largest absolute Gasteiger partial charge is 0.273 e. The number of amides is 2. The van der Waals surface area contributed by atoms with E-state index < -0.39 is 0 Å². The van der Waals surface area contributed by atoms with Crippen molar-refractivity contribution in [3.63, 3.8) is 0 Å². The van der Waals surface area contributed by atoms with Crippen molar-refractivity contribution in [2.75, 3.05) is 0 Å². The number of hydrazine groups is 1. The number of carbonyl (C=O) groups excluding carboxylic acids is 2. The van der Waals surface area contributed by atoms with Crippen LogP contribution in [0, 0.1) is 23.2 Å². The number of carbonyl (C=O) groups is 2. The number of aromatic nitrogens is 1. The minimum absolute atomic E-state index is 0.0249. The van der Waals surface area contributed by atoms with Crippen LogP contribution in [0.3, 0.4) is 0 Å². The van der Waals surface area contributed by atoms with Crippen LogP contribution in [0.4, 0.5) is 0 Å². The van der Waals surface area contributed by atoms with Crippen molar-refractivity contribution in [3.05, 3.63) is 30.1 Å². The summed E-state index contributed by atoms with van der Waals surface area (Å²) in [6.07, 6.45) is 11.8. The molecule has 134 valence electrons. The Labute approximate surface area is 149 Å². The van der Waals surface area contributed by atoms with Crippen molar-refractivity contribution in [1.29, 1.82) is 0 Å². The third-order valence-corrected chi connectivity index (χ3v) is 6.44. The van der Waals surface area contributed by atoms with Crippen LogP contribution >= 0.6 is 0 Å². The molecular weight excluding hydrogens is 314 g/mol. The average Bonchev–Trinajstić information content (AvgIpc) is 2.59. The van der Waals surface area contributed by atoms with Crippen molar-refractivity contribution in [2.45, 2.75) is 58.4 Å². The van der Waals surface area contributed by atoms with Gasteiger partial charge in [-0.3, -0.25) is 20.4 Å². The zero-order valence-electron chi connectivity index (χ0n) is 15.0. The van der Waals surface area contributed by atoms with Gasteiger partial charge in [0.15, 0.2) is 12.4 Å². The van der Waals surface area contributed by atoms with Gasteiger partial charge in [-0.15, -0.1) is 0 Å². The Balaban J connectivity index is 1.36. The lowest BCUT2D eigenvalue weighted by molar-refractivity contribution is -0.697. The summed E-state index contributed by atoms with van der Waals surface area (Å²) in [7, 11) is 0. The molecule has 0 spiro atoms. The molecule has 5 rings (SSSR count). The van der Waals surface area contributed by atoms with Crippen LogP contribution in [0.25, 0.3) is 0 Å². The van der Waals surface area contributed by atoms with E-state index in [1.807, 2.05) is 17.0 Å². The van der Waals surface area contributed by atoms with Crippen LogP contribution in [0.15, 0.2) is 24.5 Å². The number of aryl methyl sites for hydroxylation is 1. The standard InChI is InChI=1S/C20H27N3O2/c1-2-5-23-6-3-17(4-7-23)18(24)21-22-19(25)20-11-14-8-15(12-20)10-16(9-14)13-20/h3-4,6-7,14-16,24H,2,5,8-13H2,1H3/p+1. The first-order valence-electron chi connectivity index (χ1n) is 9.68. The van der Waals surface area contributed by atoms with Crippen molar-refractivity contribution < 1.29 is 14.2 Å². The molecule has 5 nitrogen and oxygen atoms in total. The second-order valence-corrected chi connectivity index (χ2v) is 8.43. The summed E-state index contributed by atoms with van der Waals surface area (Å²) in [5.74, 6) is 1.93. The van der Waals surface area contributed by atoms with Gasteiger partial charge in [0.2, 0.25) is 5.91 Å². The molecule has 1 aromatic rings. The number of rotatable bonds is 4. The fraction of sp³-hybridized carbons (Fsp3) is 0.650. The number of nitrogens with one attached hydrogen (secondary N) is 2. The second kappa shape index (κ2) is 6.43. The maximum absolute atomic E-state index is 12.8. The van der Waals surface area contributed by atoms with E-state index in [4.69, 9.17) is 0 Å². The van der Waals surface area contributed by atoms with E-state index in [1.165, 1.54) is 19.3 Å². The molecule has 1 aromatic heterocycles. The van der Waals surface area contributed by atoms with Crippen LogP contribution in [-0.2, 0) is 11.3 Å². The molecule has 4 aliphatic rings. The van der Waals surface area contributed by atoms with Crippen molar-refractivity contribution in [2.24, 2.45) is 23.2 Å². The molecule has 0 radical (unpaired) electrons. The van der Waals surface area contributed by atoms with E-state index in [1.54, 1.807) is 12.1 Å². The lowest BCUT2D eigenvalue weighted by Crippen LogP contribution is -2.56. The van der Waals surface area contributed by atoms with Gasteiger partial charge in [-0.05, 0) is 56.3 Å². The molecule has 4 fully saturated rings. The molecule has 0 unspecified atom stereocenters. The molecule has 4 saturated carbocycles. The van der Waals surface area contributed by atoms with E-state index in [0.717, 1.165) is 50.0 Å². The molecule has 0 atom stereocenters. The fourth-order valence-electron chi connectivity index (χ4n) is 5.72. The van der Waals surface area contributed by atoms with Crippen LogP contribution in [0.5, 0.6) is 0 Å². The van der Waals surface area contributed by atoms with Crippen molar-refractivity contribution >= 4 is 11.8 Å².